The molecule has 2 N–H and O–H groups in total. The van der Waals surface area contributed by atoms with E-state index in [2.05, 4.69) is 20.6 Å². The van der Waals surface area contributed by atoms with Crippen molar-refractivity contribution in [1.82, 2.24) is 14.5 Å². The molecule has 0 amide bonds. The maximum Gasteiger partial charge on any atom is 0.168 e. The third kappa shape index (κ3) is 2.98. The summed E-state index contributed by atoms with van der Waals surface area (Å²) in [4.78, 5) is 7.99. The van der Waals surface area contributed by atoms with Crippen molar-refractivity contribution in [1.29, 1.82) is 0 Å². The number of rotatable bonds is 5. The van der Waals surface area contributed by atoms with Gasteiger partial charge in [0.05, 0.1) is 0 Å². The Morgan fingerprint density at radius 2 is 2.00 bits per heavy atom. The summed E-state index contributed by atoms with van der Waals surface area (Å²) in [6.45, 7) is 0.462. The van der Waals surface area contributed by atoms with Crippen molar-refractivity contribution < 1.29 is 8.78 Å². The predicted octanol–water partition coefficient (Wildman–Crippen LogP) is 1.79. The lowest BCUT2D eigenvalue weighted by Crippen LogP contribution is -2.12. The Morgan fingerprint density at radius 3 is 2.63 bits per heavy atom. The third-order valence-corrected chi connectivity index (χ3v) is 2.73. The third-order valence-electron chi connectivity index (χ3n) is 2.73. The molecule has 0 spiro atoms. The molecular formula is C12H15F2N5. The summed E-state index contributed by atoms with van der Waals surface area (Å²) in [6, 6.07) is 0.807. The SMILES string of the molecule is CNc1nc(NCCc2nccn2C)c(F)cc1F. The van der Waals surface area contributed by atoms with Gasteiger partial charge in [0, 0.05) is 45.5 Å². The van der Waals surface area contributed by atoms with Crippen molar-refractivity contribution in [3.63, 3.8) is 0 Å². The smallest absolute Gasteiger partial charge is 0.168 e. The molecule has 19 heavy (non-hydrogen) atoms. The molecule has 0 saturated heterocycles. The zero-order valence-corrected chi connectivity index (χ0v) is 10.7. The quantitative estimate of drug-likeness (QED) is 0.867. The highest BCUT2D eigenvalue weighted by Gasteiger charge is 2.10. The number of imidazole rings is 1. The second-order valence-corrected chi connectivity index (χ2v) is 4.03. The summed E-state index contributed by atoms with van der Waals surface area (Å²) in [6.07, 6.45) is 4.16. The molecule has 0 aliphatic heterocycles. The zero-order chi connectivity index (χ0) is 13.8. The van der Waals surface area contributed by atoms with Crippen LogP contribution in [0.2, 0.25) is 0 Å². The number of nitrogens with one attached hydrogen (secondary N) is 2. The highest BCUT2D eigenvalue weighted by molar-refractivity contribution is 5.47. The summed E-state index contributed by atoms with van der Waals surface area (Å²) in [7, 11) is 3.42. The standard InChI is InChI=1S/C12H15F2N5/c1-15-11-8(13)7-9(14)12(18-11)17-4-3-10-16-5-6-19(10)2/h5-7H,3-4H2,1-2H3,(H2,15,17,18). The van der Waals surface area contributed by atoms with Crippen molar-refractivity contribution in [2.75, 3.05) is 24.2 Å². The monoisotopic (exact) mass is 267 g/mol. The Hall–Kier alpha value is -2.18. The average molecular weight is 267 g/mol. The van der Waals surface area contributed by atoms with Crippen LogP contribution in [0, 0.1) is 11.6 Å². The van der Waals surface area contributed by atoms with Gasteiger partial charge in [0.2, 0.25) is 0 Å². The van der Waals surface area contributed by atoms with Crippen LogP contribution in [0.3, 0.4) is 0 Å². The summed E-state index contributed by atoms with van der Waals surface area (Å²) >= 11 is 0. The van der Waals surface area contributed by atoms with Gasteiger partial charge in [-0.1, -0.05) is 0 Å². The van der Waals surface area contributed by atoms with Crippen molar-refractivity contribution in [2.45, 2.75) is 6.42 Å². The first-order chi connectivity index (χ1) is 9.11. The number of anilines is 2. The molecule has 0 radical (unpaired) electrons. The topological polar surface area (TPSA) is 54.8 Å². The van der Waals surface area contributed by atoms with Crippen molar-refractivity contribution >= 4 is 11.6 Å². The molecule has 102 valence electrons. The van der Waals surface area contributed by atoms with Crippen LogP contribution >= 0.6 is 0 Å². The summed E-state index contributed by atoms with van der Waals surface area (Å²) in [5.41, 5.74) is 0. The van der Waals surface area contributed by atoms with Gasteiger partial charge in [-0.25, -0.2) is 18.7 Å². The molecule has 2 rings (SSSR count). The van der Waals surface area contributed by atoms with Crippen LogP contribution in [0.25, 0.3) is 0 Å². The Morgan fingerprint density at radius 1 is 1.26 bits per heavy atom. The molecule has 2 aromatic heterocycles. The van der Waals surface area contributed by atoms with E-state index in [0.717, 1.165) is 11.9 Å². The molecule has 7 heteroatoms. The fourth-order valence-corrected chi connectivity index (χ4v) is 1.70. The van der Waals surface area contributed by atoms with Gasteiger partial charge in [0.15, 0.2) is 23.3 Å². The van der Waals surface area contributed by atoms with Crippen LogP contribution in [-0.4, -0.2) is 28.1 Å². The number of hydrogen-bond acceptors (Lipinski definition) is 4. The van der Waals surface area contributed by atoms with Gasteiger partial charge in [-0.3, -0.25) is 0 Å². The van der Waals surface area contributed by atoms with Crippen LogP contribution in [0.5, 0.6) is 0 Å². The van der Waals surface area contributed by atoms with E-state index in [1.54, 1.807) is 6.20 Å². The van der Waals surface area contributed by atoms with Crippen LogP contribution in [0.1, 0.15) is 5.82 Å². The first-order valence-electron chi connectivity index (χ1n) is 5.85. The van der Waals surface area contributed by atoms with Gasteiger partial charge < -0.3 is 15.2 Å². The first kappa shape index (κ1) is 13.3. The molecule has 0 aliphatic rings. The highest BCUT2D eigenvalue weighted by atomic mass is 19.1. The maximum atomic E-state index is 13.5. The van der Waals surface area contributed by atoms with E-state index in [9.17, 15) is 8.78 Å². The molecule has 0 unspecified atom stereocenters. The number of aryl methyl sites for hydroxylation is 1. The summed E-state index contributed by atoms with van der Waals surface area (Å²) < 4.78 is 28.6. The van der Waals surface area contributed by atoms with Crippen LogP contribution in [0.15, 0.2) is 18.5 Å². The Labute approximate surface area is 109 Å². The highest BCUT2D eigenvalue weighted by Crippen LogP contribution is 2.18. The molecule has 5 nitrogen and oxygen atoms in total. The molecule has 0 atom stereocenters. The van der Waals surface area contributed by atoms with Crippen molar-refractivity contribution in [3.8, 4) is 0 Å². The minimum Gasteiger partial charge on any atom is -0.371 e. The van der Waals surface area contributed by atoms with Crippen molar-refractivity contribution in [2.24, 2.45) is 7.05 Å². The molecule has 0 bridgehead atoms. The summed E-state index contributed by atoms with van der Waals surface area (Å²) in [5.74, 6) is -0.504. The predicted molar refractivity (Wildman–Crippen MR) is 69.1 cm³/mol. The lowest BCUT2D eigenvalue weighted by atomic mass is 10.3. The van der Waals surface area contributed by atoms with Gasteiger partial charge in [0.25, 0.3) is 0 Å². The molecule has 0 aromatic carbocycles. The second-order valence-electron chi connectivity index (χ2n) is 4.03. The fourth-order valence-electron chi connectivity index (χ4n) is 1.70. The molecule has 2 heterocycles. The van der Waals surface area contributed by atoms with E-state index < -0.39 is 11.6 Å². The van der Waals surface area contributed by atoms with Crippen molar-refractivity contribution in [3.05, 3.63) is 35.9 Å². The van der Waals surface area contributed by atoms with E-state index >= 15 is 0 Å². The second kappa shape index (κ2) is 5.64. The lowest BCUT2D eigenvalue weighted by molar-refractivity contribution is 0.578. The van der Waals surface area contributed by atoms with E-state index in [4.69, 9.17) is 0 Å². The minimum atomic E-state index is -0.713. The first-order valence-corrected chi connectivity index (χ1v) is 5.85. The number of hydrogen-bond donors (Lipinski definition) is 2. The van der Waals surface area contributed by atoms with Gasteiger partial charge in [-0.2, -0.15) is 0 Å². The Bertz CT molecular complexity index is 567. The van der Waals surface area contributed by atoms with Gasteiger partial charge in [0.1, 0.15) is 5.82 Å². The largest absolute Gasteiger partial charge is 0.371 e. The van der Waals surface area contributed by atoms with E-state index in [0.29, 0.717) is 13.0 Å². The number of nitrogens with zero attached hydrogens (tertiary/aromatic N) is 3. The molecular weight excluding hydrogens is 252 g/mol. The lowest BCUT2D eigenvalue weighted by Gasteiger charge is -2.09. The summed E-state index contributed by atoms with van der Waals surface area (Å²) in [5, 5.41) is 5.40. The molecule has 0 saturated carbocycles. The van der Waals surface area contributed by atoms with Crippen LogP contribution in [-0.2, 0) is 13.5 Å². The van der Waals surface area contributed by atoms with Gasteiger partial charge in [-0.05, 0) is 0 Å². The number of halogens is 2. The Kier molecular flexibility index (Phi) is 3.94. The minimum absolute atomic E-state index is 0.0147. The number of pyridine rings is 1. The van der Waals surface area contributed by atoms with E-state index in [1.807, 2.05) is 17.8 Å². The van der Waals surface area contributed by atoms with E-state index in [1.165, 1.54) is 7.05 Å². The maximum absolute atomic E-state index is 13.5. The fraction of sp³-hybridized carbons (Fsp3) is 0.333. The Balaban J connectivity index is 2.01. The molecule has 2 aromatic rings. The normalized spacial score (nSPS) is 10.5. The van der Waals surface area contributed by atoms with Crippen LogP contribution in [0.4, 0.5) is 20.4 Å². The van der Waals surface area contributed by atoms with E-state index in [-0.39, 0.29) is 11.6 Å². The average Bonchev–Trinajstić information content (AvgIpc) is 2.78. The molecule has 0 aliphatic carbocycles. The van der Waals surface area contributed by atoms with Crippen LogP contribution < -0.4 is 10.6 Å². The van der Waals surface area contributed by atoms with Gasteiger partial charge >= 0.3 is 0 Å². The molecule has 0 fully saturated rings. The number of aromatic nitrogens is 3. The van der Waals surface area contributed by atoms with Gasteiger partial charge in [-0.15, -0.1) is 0 Å². The zero-order valence-electron chi connectivity index (χ0n) is 10.7.